The number of nitriles is 1. The van der Waals surface area contributed by atoms with E-state index in [0.717, 1.165) is 16.8 Å². The van der Waals surface area contributed by atoms with Crippen molar-refractivity contribution in [2.75, 3.05) is 14.2 Å². The standard InChI is InChI=1S/C13H13N3O2/c1-8-11(7-15-16-8)9-4-10(6-14)13(18-3)12(5-9)17-2/h4-5,7H,1-3H3,(H,15,16). The summed E-state index contributed by atoms with van der Waals surface area (Å²) in [6.07, 6.45) is 1.72. The first-order chi connectivity index (χ1) is 8.71. The van der Waals surface area contributed by atoms with Crippen molar-refractivity contribution >= 4 is 0 Å². The second kappa shape index (κ2) is 4.80. The molecule has 0 unspecified atom stereocenters. The Balaban J connectivity index is 2.65. The number of hydrogen-bond donors (Lipinski definition) is 1. The lowest BCUT2D eigenvalue weighted by atomic mass is 10.0. The van der Waals surface area contributed by atoms with E-state index in [1.165, 1.54) is 7.11 Å². The second-order valence-corrected chi connectivity index (χ2v) is 3.78. The number of nitrogens with one attached hydrogen (secondary N) is 1. The molecule has 1 aromatic heterocycles. The molecular weight excluding hydrogens is 230 g/mol. The van der Waals surface area contributed by atoms with Gasteiger partial charge in [-0.3, -0.25) is 5.10 Å². The minimum atomic E-state index is 0.437. The molecule has 1 N–H and O–H groups in total. The zero-order chi connectivity index (χ0) is 13.1. The molecule has 0 aliphatic carbocycles. The Bertz CT molecular complexity index is 611. The van der Waals surface area contributed by atoms with Crippen molar-refractivity contribution in [3.8, 4) is 28.7 Å². The van der Waals surface area contributed by atoms with Gasteiger partial charge in [0, 0.05) is 11.3 Å². The summed E-state index contributed by atoms with van der Waals surface area (Å²) in [4.78, 5) is 0. The van der Waals surface area contributed by atoms with E-state index in [2.05, 4.69) is 16.3 Å². The summed E-state index contributed by atoms with van der Waals surface area (Å²) < 4.78 is 10.4. The van der Waals surface area contributed by atoms with Crippen molar-refractivity contribution in [1.82, 2.24) is 10.2 Å². The minimum absolute atomic E-state index is 0.437. The molecule has 2 rings (SSSR count). The molecule has 5 heteroatoms. The highest BCUT2D eigenvalue weighted by molar-refractivity contribution is 5.72. The van der Waals surface area contributed by atoms with Crippen molar-refractivity contribution in [2.24, 2.45) is 0 Å². The Hall–Kier alpha value is -2.48. The number of aromatic nitrogens is 2. The number of benzene rings is 1. The van der Waals surface area contributed by atoms with Gasteiger partial charge in [0.2, 0.25) is 0 Å². The summed E-state index contributed by atoms with van der Waals surface area (Å²) >= 11 is 0. The molecule has 5 nitrogen and oxygen atoms in total. The maximum absolute atomic E-state index is 9.15. The van der Waals surface area contributed by atoms with Crippen LogP contribution in [0.25, 0.3) is 11.1 Å². The van der Waals surface area contributed by atoms with Crippen molar-refractivity contribution in [3.05, 3.63) is 29.6 Å². The summed E-state index contributed by atoms with van der Waals surface area (Å²) in [5.74, 6) is 0.983. The fourth-order valence-electron chi connectivity index (χ4n) is 1.84. The van der Waals surface area contributed by atoms with Crippen LogP contribution < -0.4 is 9.47 Å². The van der Waals surface area contributed by atoms with Crippen LogP contribution in [-0.2, 0) is 0 Å². The summed E-state index contributed by atoms with van der Waals surface area (Å²) in [5, 5.41) is 16.0. The molecule has 18 heavy (non-hydrogen) atoms. The number of ether oxygens (including phenoxy) is 2. The van der Waals surface area contributed by atoms with Crippen LogP contribution in [0.1, 0.15) is 11.3 Å². The predicted octanol–water partition coefficient (Wildman–Crippen LogP) is 2.27. The lowest BCUT2D eigenvalue weighted by Gasteiger charge is -2.11. The monoisotopic (exact) mass is 243 g/mol. The molecule has 92 valence electrons. The van der Waals surface area contributed by atoms with E-state index in [9.17, 15) is 0 Å². The van der Waals surface area contributed by atoms with Gasteiger partial charge in [0.25, 0.3) is 0 Å². The quantitative estimate of drug-likeness (QED) is 0.897. The third-order valence-electron chi connectivity index (χ3n) is 2.74. The average molecular weight is 243 g/mol. The largest absolute Gasteiger partial charge is 0.493 e. The maximum atomic E-state index is 9.15. The van der Waals surface area contributed by atoms with Gasteiger partial charge in [-0.1, -0.05) is 0 Å². The fraction of sp³-hybridized carbons (Fsp3) is 0.231. The van der Waals surface area contributed by atoms with Gasteiger partial charge in [0.1, 0.15) is 6.07 Å². The Morgan fingerprint density at radius 3 is 2.56 bits per heavy atom. The zero-order valence-electron chi connectivity index (χ0n) is 10.4. The first-order valence-electron chi connectivity index (χ1n) is 5.37. The Morgan fingerprint density at radius 1 is 1.28 bits per heavy atom. The van der Waals surface area contributed by atoms with Gasteiger partial charge in [0.15, 0.2) is 11.5 Å². The highest BCUT2D eigenvalue weighted by atomic mass is 16.5. The Morgan fingerprint density at radius 2 is 2.06 bits per heavy atom. The molecule has 0 spiro atoms. The van der Waals surface area contributed by atoms with Crippen molar-refractivity contribution < 1.29 is 9.47 Å². The Kier molecular flexibility index (Phi) is 3.20. The molecule has 0 amide bonds. The number of hydrogen-bond acceptors (Lipinski definition) is 4. The van der Waals surface area contributed by atoms with Crippen LogP contribution in [0.5, 0.6) is 11.5 Å². The molecule has 0 aliphatic heterocycles. The summed E-state index contributed by atoms with van der Waals surface area (Å²) in [6.45, 7) is 1.92. The van der Waals surface area contributed by atoms with Gasteiger partial charge in [-0.25, -0.2) is 0 Å². The van der Waals surface area contributed by atoms with Gasteiger partial charge < -0.3 is 9.47 Å². The van der Waals surface area contributed by atoms with E-state index in [1.807, 2.05) is 13.0 Å². The zero-order valence-corrected chi connectivity index (χ0v) is 10.4. The van der Waals surface area contributed by atoms with Gasteiger partial charge in [-0.05, 0) is 24.6 Å². The third kappa shape index (κ3) is 1.89. The number of aromatic amines is 1. The van der Waals surface area contributed by atoms with Crippen LogP contribution in [0, 0.1) is 18.3 Å². The third-order valence-corrected chi connectivity index (χ3v) is 2.74. The Labute approximate surface area is 105 Å². The van der Waals surface area contributed by atoms with Gasteiger partial charge in [-0.2, -0.15) is 10.4 Å². The summed E-state index contributed by atoms with van der Waals surface area (Å²) in [6, 6.07) is 5.70. The average Bonchev–Trinajstić information content (AvgIpc) is 2.83. The molecule has 0 radical (unpaired) electrons. The second-order valence-electron chi connectivity index (χ2n) is 3.78. The number of nitrogens with zero attached hydrogens (tertiary/aromatic N) is 2. The fourth-order valence-corrected chi connectivity index (χ4v) is 1.84. The molecule has 0 saturated carbocycles. The molecule has 1 heterocycles. The first-order valence-corrected chi connectivity index (χ1v) is 5.37. The normalized spacial score (nSPS) is 9.89. The van der Waals surface area contributed by atoms with E-state index in [-0.39, 0.29) is 0 Å². The van der Waals surface area contributed by atoms with Gasteiger partial charge >= 0.3 is 0 Å². The molecule has 1 aromatic carbocycles. The van der Waals surface area contributed by atoms with Crippen LogP contribution in [-0.4, -0.2) is 24.4 Å². The van der Waals surface area contributed by atoms with Crippen LogP contribution in [0.3, 0.4) is 0 Å². The maximum Gasteiger partial charge on any atom is 0.178 e. The van der Waals surface area contributed by atoms with E-state index >= 15 is 0 Å². The van der Waals surface area contributed by atoms with Crippen LogP contribution >= 0.6 is 0 Å². The van der Waals surface area contributed by atoms with Crippen molar-refractivity contribution in [1.29, 1.82) is 5.26 Å². The highest BCUT2D eigenvalue weighted by Gasteiger charge is 2.14. The summed E-state index contributed by atoms with van der Waals surface area (Å²) in [5.41, 5.74) is 3.18. The molecular formula is C13H13N3O2. The van der Waals surface area contributed by atoms with E-state index in [4.69, 9.17) is 14.7 Å². The molecule has 0 saturated heterocycles. The van der Waals surface area contributed by atoms with Crippen molar-refractivity contribution in [2.45, 2.75) is 6.92 Å². The summed E-state index contributed by atoms with van der Waals surface area (Å²) in [7, 11) is 3.06. The van der Waals surface area contributed by atoms with E-state index < -0.39 is 0 Å². The minimum Gasteiger partial charge on any atom is -0.493 e. The van der Waals surface area contributed by atoms with Crippen LogP contribution in [0.4, 0.5) is 0 Å². The van der Waals surface area contributed by atoms with Crippen LogP contribution in [0.2, 0.25) is 0 Å². The molecule has 2 aromatic rings. The SMILES string of the molecule is COc1cc(-c2cn[nH]c2C)cc(C#N)c1OC. The number of rotatable bonds is 3. The van der Waals surface area contributed by atoms with E-state index in [0.29, 0.717) is 17.1 Å². The lowest BCUT2D eigenvalue weighted by Crippen LogP contribution is -1.95. The molecule has 0 bridgehead atoms. The number of methoxy groups -OCH3 is 2. The first kappa shape index (κ1) is 12.0. The topological polar surface area (TPSA) is 70.9 Å². The molecule has 0 fully saturated rings. The van der Waals surface area contributed by atoms with Crippen molar-refractivity contribution in [3.63, 3.8) is 0 Å². The smallest absolute Gasteiger partial charge is 0.178 e. The van der Waals surface area contributed by atoms with Crippen LogP contribution in [0.15, 0.2) is 18.3 Å². The highest BCUT2D eigenvalue weighted by Crippen LogP contribution is 2.36. The molecule has 0 atom stereocenters. The predicted molar refractivity (Wildman–Crippen MR) is 66.6 cm³/mol. The molecule has 0 aliphatic rings. The lowest BCUT2D eigenvalue weighted by molar-refractivity contribution is 0.354. The number of H-pyrrole nitrogens is 1. The van der Waals surface area contributed by atoms with Gasteiger partial charge in [-0.15, -0.1) is 0 Å². The van der Waals surface area contributed by atoms with E-state index in [1.54, 1.807) is 19.4 Å². The van der Waals surface area contributed by atoms with Gasteiger partial charge in [0.05, 0.1) is 26.0 Å². The number of aryl methyl sites for hydroxylation is 1.